The van der Waals surface area contributed by atoms with Gasteiger partial charge in [-0.1, -0.05) is 0 Å². The van der Waals surface area contributed by atoms with Crippen LogP contribution in [0.1, 0.15) is 48.5 Å². The second-order valence-corrected chi connectivity index (χ2v) is 10.3. The first kappa shape index (κ1) is 19.2. The standard InChI is InChI=1S/C16H26BrN2O2PS/c1-5-19(15-10(2)13(16(20)21)14(17)23-15)22-12-8-6-11(7-9-12)18(3)4/h11-12,22H,5-9H2,1-4H3,(H,20,21). The van der Waals surface area contributed by atoms with Crippen molar-refractivity contribution in [3.05, 3.63) is 14.9 Å². The summed E-state index contributed by atoms with van der Waals surface area (Å²) >= 11 is 4.98. The molecule has 0 bridgehead atoms. The maximum absolute atomic E-state index is 11.4. The average molecular weight is 421 g/mol. The van der Waals surface area contributed by atoms with Gasteiger partial charge in [0.1, 0.15) is 0 Å². The Morgan fingerprint density at radius 3 is 2.39 bits per heavy atom. The molecule has 1 unspecified atom stereocenters. The van der Waals surface area contributed by atoms with Gasteiger partial charge in [0, 0.05) is 12.6 Å². The number of anilines is 1. The number of carboxylic acids is 1. The molecule has 0 radical (unpaired) electrons. The summed E-state index contributed by atoms with van der Waals surface area (Å²) in [5, 5.41) is 10.5. The third-order valence-corrected chi connectivity index (χ3v) is 8.56. The highest BCUT2D eigenvalue weighted by Gasteiger charge is 2.27. The molecule has 0 aliphatic heterocycles. The fraction of sp³-hybridized carbons (Fsp3) is 0.688. The lowest BCUT2D eigenvalue weighted by Gasteiger charge is -2.35. The molecule has 1 aliphatic carbocycles. The molecule has 1 aromatic rings. The van der Waals surface area contributed by atoms with Gasteiger partial charge in [-0.05, 0) is 89.5 Å². The highest BCUT2D eigenvalue weighted by Crippen LogP contribution is 2.46. The van der Waals surface area contributed by atoms with Gasteiger partial charge < -0.3 is 14.7 Å². The lowest BCUT2D eigenvalue weighted by atomic mass is 9.94. The summed E-state index contributed by atoms with van der Waals surface area (Å²) in [6, 6.07) is 0.724. The monoisotopic (exact) mass is 420 g/mol. The van der Waals surface area contributed by atoms with E-state index in [-0.39, 0.29) is 0 Å². The summed E-state index contributed by atoms with van der Waals surface area (Å²) in [6.45, 7) is 5.01. The Bertz CT molecular complexity index is 557. The number of hydrogen-bond acceptors (Lipinski definition) is 4. The van der Waals surface area contributed by atoms with Crippen molar-refractivity contribution >= 4 is 47.0 Å². The van der Waals surface area contributed by atoms with Crippen LogP contribution in [0.2, 0.25) is 0 Å². The van der Waals surface area contributed by atoms with E-state index in [1.165, 1.54) is 25.7 Å². The van der Waals surface area contributed by atoms with Crippen LogP contribution in [0, 0.1) is 6.92 Å². The van der Waals surface area contributed by atoms with Crippen LogP contribution in [0.25, 0.3) is 0 Å². The third kappa shape index (κ3) is 4.47. The minimum absolute atomic E-state index is 0.421. The minimum Gasteiger partial charge on any atom is -0.478 e. The van der Waals surface area contributed by atoms with E-state index >= 15 is 0 Å². The van der Waals surface area contributed by atoms with E-state index in [4.69, 9.17) is 0 Å². The summed E-state index contributed by atoms with van der Waals surface area (Å²) in [4.78, 5) is 13.8. The van der Waals surface area contributed by atoms with Gasteiger partial charge in [0.2, 0.25) is 0 Å². The van der Waals surface area contributed by atoms with Gasteiger partial charge in [-0.15, -0.1) is 11.3 Å². The van der Waals surface area contributed by atoms with Crippen molar-refractivity contribution in [2.75, 3.05) is 25.3 Å². The molecule has 23 heavy (non-hydrogen) atoms. The van der Waals surface area contributed by atoms with Gasteiger partial charge in [0.15, 0.2) is 0 Å². The van der Waals surface area contributed by atoms with E-state index in [1.807, 2.05) is 6.92 Å². The number of carbonyl (C=O) groups is 1. The predicted octanol–water partition coefficient (Wildman–Crippen LogP) is 4.81. The lowest BCUT2D eigenvalue weighted by molar-refractivity contribution is 0.0696. The molecule has 4 nitrogen and oxygen atoms in total. The molecule has 0 saturated heterocycles. The van der Waals surface area contributed by atoms with Crippen LogP contribution in [0.15, 0.2) is 3.79 Å². The number of nitrogens with zero attached hydrogens (tertiary/aromatic N) is 2. The quantitative estimate of drug-likeness (QED) is 0.670. The topological polar surface area (TPSA) is 43.8 Å². The van der Waals surface area contributed by atoms with Gasteiger partial charge in [0.25, 0.3) is 0 Å². The van der Waals surface area contributed by atoms with Crippen molar-refractivity contribution in [2.24, 2.45) is 0 Å². The van der Waals surface area contributed by atoms with Crippen molar-refractivity contribution in [3.63, 3.8) is 0 Å². The Morgan fingerprint density at radius 1 is 1.35 bits per heavy atom. The van der Waals surface area contributed by atoms with Gasteiger partial charge in [-0.25, -0.2) is 4.79 Å². The molecule has 130 valence electrons. The molecule has 0 amide bonds. The van der Waals surface area contributed by atoms with E-state index in [0.29, 0.717) is 5.56 Å². The number of hydrogen-bond donors (Lipinski definition) is 1. The van der Waals surface area contributed by atoms with Crippen LogP contribution < -0.4 is 4.67 Å². The Hall–Kier alpha value is -0.160. The molecule has 1 heterocycles. The number of thiophene rings is 1. The number of halogens is 1. The summed E-state index contributed by atoms with van der Waals surface area (Å²) in [6.07, 6.45) is 5.09. The van der Waals surface area contributed by atoms with E-state index in [2.05, 4.69) is 46.5 Å². The Morgan fingerprint density at radius 2 is 1.96 bits per heavy atom. The fourth-order valence-electron chi connectivity index (χ4n) is 3.20. The first-order valence-corrected chi connectivity index (χ1v) is 10.7. The van der Waals surface area contributed by atoms with Crippen LogP contribution in [0.3, 0.4) is 0 Å². The van der Waals surface area contributed by atoms with E-state index in [0.717, 1.165) is 41.3 Å². The molecule has 1 fully saturated rings. The van der Waals surface area contributed by atoms with Crippen LogP contribution in [0.5, 0.6) is 0 Å². The number of aromatic carboxylic acids is 1. The summed E-state index contributed by atoms with van der Waals surface area (Å²) in [5.74, 6) is -0.845. The Labute approximate surface area is 153 Å². The van der Waals surface area contributed by atoms with Crippen molar-refractivity contribution in [3.8, 4) is 0 Å². The summed E-state index contributed by atoms with van der Waals surface area (Å²) in [5.41, 5.74) is 2.05. The summed E-state index contributed by atoms with van der Waals surface area (Å²) in [7, 11) is 5.09. The van der Waals surface area contributed by atoms with E-state index in [1.54, 1.807) is 11.3 Å². The smallest absolute Gasteiger partial charge is 0.338 e. The average Bonchev–Trinajstić information content (AvgIpc) is 2.80. The van der Waals surface area contributed by atoms with E-state index < -0.39 is 5.97 Å². The van der Waals surface area contributed by atoms with Crippen molar-refractivity contribution in [1.29, 1.82) is 0 Å². The highest BCUT2D eigenvalue weighted by molar-refractivity contribution is 9.11. The predicted molar refractivity (Wildman–Crippen MR) is 105 cm³/mol. The van der Waals surface area contributed by atoms with Crippen molar-refractivity contribution < 1.29 is 9.90 Å². The highest BCUT2D eigenvalue weighted by atomic mass is 79.9. The molecular weight excluding hydrogens is 395 g/mol. The van der Waals surface area contributed by atoms with Crippen molar-refractivity contribution in [1.82, 2.24) is 4.90 Å². The molecule has 1 aliphatic rings. The zero-order chi connectivity index (χ0) is 17.1. The van der Waals surface area contributed by atoms with Gasteiger partial charge >= 0.3 is 5.97 Å². The number of rotatable bonds is 6. The van der Waals surface area contributed by atoms with Gasteiger partial charge in [-0.3, -0.25) is 0 Å². The van der Waals surface area contributed by atoms with Gasteiger partial charge in [-0.2, -0.15) is 0 Å². The van der Waals surface area contributed by atoms with Crippen LogP contribution in [-0.4, -0.2) is 48.3 Å². The normalized spacial score (nSPS) is 22.2. The molecule has 2 rings (SSSR count). The zero-order valence-electron chi connectivity index (χ0n) is 14.2. The fourth-order valence-corrected chi connectivity index (χ4v) is 6.93. The lowest BCUT2D eigenvalue weighted by Crippen LogP contribution is -2.33. The van der Waals surface area contributed by atoms with Crippen LogP contribution >= 0.6 is 36.0 Å². The first-order valence-electron chi connectivity index (χ1n) is 8.07. The summed E-state index contributed by atoms with van der Waals surface area (Å²) < 4.78 is 3.12. The zero-order valence-corrected chi connectivity index (χ0v) is 17.6. The third-order valence-electron chi connectivity index (χ3n) is 4.62. The van der Waals surface area contributed by atoms with E-state index in [9.17, 15) is 9.90 Å². The van der Waals surface area contributed by atoms with Crippen LogP contribution in [0.4, 0.5) is 5.00 Å². The SMILES string of the molecule is CCN(PC1CCC(N(C)C)CC1)c1sc(Br)c(C(=O)O)c1C. The van der Waals surface area contributed by atoms with Crippen LogP contribution in [-0.2, 0) is 0 Å². The Balaban J connectivity index is 2.07. The first-order chi connectivity index (χ1) is 10.8. The molecule has 1 atom stereocenters. The second-order valence-electron chi connectivity index (χ2n) is 6.33. The largest absolute Gasteiger partial charge is 0.478 e. The maximum Gasteiger partial charge on any atom is 0.338 e. The molecule has 7 heteroatoms. The van der Waals surface area contributed by atoms with Crippen molar-refractivity contribution in [2.45, 2.75) is 51.2 Å². The number of carboxylic acid groups (broad SMARTS) is 1. The molecule has 0 aromatic carbocycles. The molecule has 1 saturated carbocycles. The molecule has 1 aromatic heterocycles. The Kier molecular flexibility index (Phi) is 6.90. The second kappa shape index (κ2) is 8.28. The molecule has 1 N–H and O–H groups in total. The molecule has 0 spiro atoms. The molecular formula is C16H26BrN2O2PS. The minimum atomic E-state index is -0.845. The van der Waals surface area contributed by atoms with Gasteiger partial charge in [0.05, 0.1) is 14.4 Å². The maximum atomic E-state index is 11.4.